The van der Waals surface area contributed by atoms with Crippen LogP contribution in [0.25, 0.3) is 5.57 Å². The van der Waals surface area contributed by atoms with Crippen LogP contribution in [-0.4, -0.2) is 27.6 Å². The van der Waals surface area contributed by atoms with Gasteiger partial charge >= 0.3 is 0 Å². The van der Waals surface area contributed by atoms with Gasteiger partial charge < -0.3 is 20.7 Å². The summed E-state index contributed by atoms with van der Waals surface area (Å²) in [6, 6.07) is 0. The van der Waals surface area contributed by atoms with Crippen LogP contribution in [0.5, 0.6) is 17.2 Å². The Labute approximate surface area is 130 Å². The molecule has 0 radical (unpaired) electrons. The van der Waals surface area contributed by atoms with Gasteiger partial charge in [0.1, 0.15) is 16.6 Å². The van der Waals surface area contributed by atoms with Crippen LogP contribution >= 0.6 is 23.8 Å². The number of halogens is 1. The molecule has 0 aromatic heterocycles. The molecule has 0 aliphatic carbocycles. The highest BCUT2D eigenvalue weighted by molar-refractivity contribution is 7.80. The van der Waals surface area contributed by atoms with Gasteiger partial charge in [0.2, 0.25) is 5.11 Å². The van der Waals surface area contributed by atoms with E-state index in [4.69, 9.17) is 22.1 Å². The third-order valence-corrected chi connectivity index (χ3v) is 3.23. The van der Waals surface area contributed by atoms with Crippen molar-refractivity contribution in [1.29, 1.82) is 0 Å². The van der Waals surface area contributed by atoms with Crippen molar-refractivity contribution in [3.63, 3.8) is 0 Å². The number of methoxy groups -OCH3 is 1. The summed E-state index contributed by atoms with van der Waals surface area (Å²) in [6.07, 6.45) is 1.24. The molecule has 1 aliphatic heterocycles. The summed E-state index contributed by atoms with van der Waals surface area (Å²) in [4.78, 5) is 4.01. The standard InChI is InChI=1S/C12H11ClN4O3S/c1-4-8(18)7-6(9(19)10(4)20-2)5(11(13)16-7)3-15-17-12(14)21/h3,18-19H,1-2H3,(H2,14,21). The molecule has 2 rings (SSSR count). The molecule has 1 aromatic rings. The molecule has 0 saturated carbocycles. The molecule has 110 valence electrons. The number of aromatic hydroxyl groups is 2. The number of ether oxygens (including phenoxy) is 1. The van der Waals surface area contributed by atoms with Crippen molar-refractivity contribution in [3.8, 4) is 17.2 Å². The van der Waals surface area contributed by atoms with Crippen LogP contribution in [0.4, 0.5) is 5.69 Å². The molecule has 1 aromatic carbocycles. The van der Waals surface area contributed by atoms with Crippen molar-refractivity contribution in [2.24, 2.45) is 21.0 Å². The lowest BCUT2D eigenvalue weighted by Gasteiger charge is -2.13. The van der Waals surface area contributed by atoms with Gasteiger partial charge in [-0.15, -0.1) is 5.11 Å². The summed E-state index contributed by atoms with van der Waals surface area (Å²) in [7, 11) is 1.38. The smallest absolute Gasteiger partial charge is 0.211 e. The molecule has 4 N–H and O–H groups in total. The molecule has 0 saturated heterocycles. The number of rotatable bonds is 2. The number of thiocarbonyl (C=S) groups is 1. The van der Waals surface area contributed by atoms with E-state index in [1.807, 2.05) is 0 Å². The van der Waals surface area contributed by atoms with E-state index in [-0.39, 0.29) is 44.4 Å². The van der Waals surface area contributed by atoms with E-state index in [2.05, 4.69) is 27.4 Å². The lowest BCUT2D eigenvalue weighted by atomic mass is 10.0. The molecule has 1 heterocycles. The quantitative estimate of drug-likeness (QED) is 0.439. The number of allylic oxidation sites excluding steroid dienone is 1. The van der Waals surface area contributed by atoms with Crippen LogP contribution < -0.4 is 10.5 Å². The summed E-state index contributed by atoms with van der Waals surface area (Å²) < 4.78 is 5.08. The fourth-order valence-corrected chi connectivity index (χ4v) is 2.22. The van der Waals surface area contributed by atoms with Crippen LogP contribution in [0.3, 0.4) is 0 Å². The van der Waals surface area contributed by atoms with Crippen molar-refractivity contribution in [2.45, 2.75) is 6.92 Å². The van der Waals surface area contributed by atoms with Crippen molar-refractivity contribution < 1.29 is 14.9 Å². The summed E-state index contributed by atoms with van der Waals surface area (Å²) in [6.45, 7) is 1.59. The molecular weight excluding hydrogens is 316 g/mol. The number of fused-ring (bicyclic) bond motifs is 1. The molecular formula is C12H11ClN4O3S. The van der Waals surface area contributed by atoms with Gasteiger partial charge in [0.25, 0.3) is 0 Å². The average Bonchev–Trinajstić information content (AvgIpc) is 2.74. The average molecular weight is 327 g/mol. The Hall–Kier alpha value is -2.19. The topological polar surface area (TPSA) is 113 Å². The van der Waals surface area contributed by atoms with E-state index in [1.165, 1.54) is 13.3 Å². The van der Waals surface area contributed by atoms with Crippen LogP contribution in [0.1, 0.15) is 11.1 Å². The van der Waals surface area contributed by atoms with E-state index in [0.29, 0.717) is 5.56 Å². The van der Waals surface area contributed by atoms with E-state index < -0.39 is 0 Å². The summed E-state index contributed by atoms with van der Waals surface area (Å²) in [5.74, 6) is -0.198. The van der Waals surface area contributed by atoms with Gasteiger partial charge in [-0.3, -0.25) is 0 Å². The van der Waals surface area contributed by atoms with Crippen LogP contribution in [0, 0.1) is 6.92 Å². The second-order valence-corrected chi connectivity index (χ2v) is 4.85. The highest BCUT2D eigenvalue weighted by Crippen LogP contribution is 2.53. The monoisotopic (exact) mass is 326 g/mol. The third kappa shape index (κ3) is 2.55. The molecule has 0 amide bonds. The first-order valence-electron chi connectivity index (χ1n) is 5.66. The first-order chi connectivity index (χ1) is 9.88. The number of nitrogens with zero attached hydrogens (tertiary/aromatic N) is 3. The largest absolute Gasteiger partial charge is 0.505 e. The first-order valence-corrected chi connectivity index (χ1v) is 6.45. The molecule has 9 heteroatoms. The molecule has 0 fully saturated rings. The molecule has 1 aliphatic rings. The number of aliphatic imine (C=N–C) groups is 1. The highest BCUT2D eigenvalue weighted by atomic mass is 35.5. The predicted octanol–water partition coefficient (Wildman–Crippen LogP) is 2.73. The maximum atomic E-state index is 10.3. The van der Waals surface area contributed by atoms with Gasteiger partial charge in [0.15, 0.2) is 11.5 Å². The lowest BCUT2D eigenvalue weighted by molar-refractivity contribution is 0.365. The predicted molar refractivity (Wildman–Crippen MR) is 83.6 cm³/mol. The Kier molecular flexibility index (Phi) is 4.10. The Morgan fingerprint density at radius 3 is 2.67 bits per heavy atom. The highest BCUT2D eigenvalue weighted by Gasteiger charge is 2.30. The summed E-state index contributed by atoms with van der Waals surface area (Å²) in [5.41, 5.74) is 6.18. The van der Waals surface area contributed by atoms with Gasteiger partial charge in [-0.05, 0) is 19.1 Å². The van der Waals surface area contributed by atoms with Gasteiger partial charge in [-0.1, -0.05) is 11.6 Å². The molecule has 0 atom stereocenters. The number of hydrogen-bond acceptors (Lipinski definition) is 6. The second-order valence-electron chi connectivity index (χ2n) is 4.08. The van der Waals surface area contributed by atoms with Crippen molar-refractivity contribution >= 4 is 45.4 Å². The van der Waals surface area contributed by atoms with Crippen molar-refractivity contribution in [3.05, 3.63) is 17.3 Å². The molecule has 0 bridgehead atoms. The molecule has 7 nitrogen and oxygen atoms in total. The lowest BCUT2D eigenvalue weighted by Crippen LogP contribution is -2.01. The number of benzene rings is 1. The zero-order chi connectivity index (χ0) is 15.7. The van der Waals surface area contributed by atoms with E-state index in [9.17, 15) is 10.2 Å². The van der Waals surface area contributed by atoms with E-state index >= 15 is 0 Å². The minimum Gasteiger partial charge on any atom is -0.505 e. The second kappa shape index (κ2) is 5.66. The van der Waals surface area contributed by atoms with Gasteiger partial charge in [0, 0.05) is 11.1 Å². The van der Waals surface area contributed by atoms with Crippen molar-refractivity contribution in [2.75, 3.05) is 7.11 Å². The minimum absolute atomic E-state index is 0.0464. The molecule has 0 spiro atoms. The van der Waals surface area contributed by atoms with Crippen LogP contribution in [0.2, 0.25) is 0 Å². The minimum atomic E-state index is -0.195. The number of phenolic OH excluding ortho intramolecular Hbond substituents is 2. The Balaban J connectivity index is 2.67. The van der Waals surface area contributed by atoms with Gasteiger partial charge in [0.05, 0.1) is 18.9 Å². The fourth-order valence-electron chi connectivity index (χ4n) is 1.94. The Morgan fingerprint density at radius 1 is 1.43 bits per heavy atom. The van der Waals surface area contributed by atoms with Crippen molar-refractivity contribution in [1.82, 2.24) is 0 Å². The number of hydrogen-bond donors (Lipinski definition) is 3. The summed E-state index contributed by atoms with van der Waals surface area (Å²) in [5, 5.41) is 27.4. The van der Waals surface area contributed by atoms with E-state index in [1.54, 1.807) is 6.92 Å². The normalized spacial score (nSPS) is 15.4. The van der Waals surface area contributed by atoms with Gasteiger partial charge in [-0.25, -0.2) is 4.99 Å². The number of nitrogens with two attached hydrogens (primary N) is 1. The fraction of sp³-hybridized carbons (Fsp3) is 0.167. The molecule has 21 heavy (non-hydrogen) atoms. The summed E-state index contributed by atoms with van der Waals surface area (Å²) >= 11 is 10.6. The van der Waals surface area contributed by atoms with E-state index in [0.717, 1.165) is 0 Å². The van der Waals surface area contributed by atoms with Crippen LogP contribution in [0.15, 0.2) is 21.4 Å². The molecule has 0 unspecified atom stereocenters. The van der Waals surface area contributed by atoms with Crippen LogP contribution in [-0.2, 0) is 0 Å². The number of azo groups is 1. The van der Waals surface area contributed by atoms with Gasteiger partial charge in [-0.2, -0.15) is 5.11 Å². The third-order valence-electron chi connectivity index (χ3n) is 2.86. The Morgan fingerprint density at radius 2 is 2.10 bits per heavy atom. The Bertz CT molecular complexity index is 728. The SMILES string of the molecule is COc1c(C)c(O)c2c(c1O)C(=CN=NC(N)=S)C(Cl)=N2. The first kappa shape index (κ1) is 15.2. The zero-order valence-corrected chi connectivity index (χ0v) is 12.7. The zero-order valence-electron chi connectivity index (χ0n) is 11.1. The number of phenols is 2. The maximum Gasteiger partial charge on any atom is 0.211 e. The maximum absolute atomic E-state index is 10.3.